The maximum atomic E-state index is 3.56. The lowest BCUT2D eigenvalue weighted by molar-refractivity contribution is 0.552. The molecule has 1 rings (SSSR count). The lowest BCUT2D eigenvalue weighted by Crippen LogP contribution is -2.19. The highest BCUT2D eigenvalue weighted by Crippen LogP contribution is 2.13. The Balaban J connectivity index is 2.37. The van der Waals surface area contributed by atoms with Crippen LogP contribution in [0.1, 0.15) is 58.1 Å². The summed E-state index contributed by atoms with van der Waals surface area (Å²) in [4.78, 5) is 0. The van der Waals surface area contributed by atoms with E-state index in [2.05, 4.69) is 49.1 Å². The minimum absolute atomic E-state index is 0.481. The number of nitrogens with one attached hydrogen (secondary N) is 1. The van der Waals surface area contributed by atoms with Crippen LogP contribution >= 0.6 is 0 Å². The lowest BCUT2D eigenvalue weighted by Gasteiger charge is -2.11. The highest BCUT2D eigenvalue weighted by Gasteiger charge is 2.05. The highest BCUT2D eigenvalue weighted by molar-refractivity contribution is 5.14. The second-order valence-corrected chi connectivity index (χ2v) is 4.57. The minimum atomic E-state index is 0.481. The van der Waals surface area contributed by atoms with Gasteiger partial charge < -0.3 is 9.88 Å². The molecule has 1 aromatic heterocycles. The first kappa shape index (κ1) is 13.3. The molecule has 2 heteroatoms. The summed E-state index contributed by atoms with van der Waals surface area (Å²) >= 11 is 0. The van der Waals surface area contributed by atoms with Crippen molar-refractivity contribution in [3.8, 4) is 0 Å². The summed E-state index contributed by atoms with van der Waals surface area (Å²) in [6.07, 6.45) is 9.53. The second kappa shape index (κ2) is 7.50. The van der Waals surface area contributed by atoms with Gasteiger partial charge in [0.15, 0.2) is 0 Å². The van der Waals surface area contributed by atoms with Crippen molar-refractivity contribution in [1.82, 2.24) is 9.88 Å². The van der Waals surface area contributed by atoms with E-state index < -0.39 is 0 Å². The van der Waals surface area contributed by atoms with Crippen molar-refractivity contribution in [2.24, 2.45) is 0 Å². The van der Waals surface area contributed by atoms with Crippen LogP contribution in [0.15, 0.2) is 18.5 Å². The van der Waals surface area contributed by atoms with E-state index in [1.54, 1.807) is 0 Å². The standard InChI is InChI=1S/C14H26N2/c1-4-6-9-15-13(3)14-8-11-16(12-14)10-7-5-2/h8,11-13,15H,4-7,9-10H2,1-3H3. The molecule has 0 radical (unpaired) electrons. The maximum Gasteiger partial charge on any atom is 0.0306 e. The van der Waals surface area contributed by atoms with Crippen LogP contribution in [0.4, 0.5) is 0 Å². The summed E-state index contributed by atoms with van der Waals surface area (Å²) in [6.45, 7) is 8.98. The summed E-state index contributed by atoms with van der Waals surface area (Å²) < 4.78 is 2.30. The molecule has 1 unspecified atom stereocenters. The van der Waals surface area contributed by atoms with Gasteiger partial charge in [-0.05, 0) is 37.9 Å². The number of rotatable bonds is 8. The Morgan fingerprint density at radius 1 is 1.25 bits per heavy atom. The normalized spacial score (nSPS) is 12.9. The molecule has 0 aliphatic rings. The summed E-state index contributed by atoms with van der Waals surface area (Å²) in [5.41, 5.74) is 1.41. The van der Waals surface area contributed by atoms with E-state index in [0.717, 1.165) is 13.1 Å². The second-order valence-electron chi connectivity index (χ2n) is 4.57. The Labute approximate surface area is 100 Å². The van der Waals surface area contributed by atoms with Crippen molar-refractivity contribution in [1.29, 1.82) is 0 Å². The molecule has 1 N–H and O–H groups in total. The fourth-order valence-corrected chi connectivity index (χ4v) is 1.81. The molecule has 0 aliphatic carbocycles. The molecule has 1 aromatic rings. The third-order valence-corrected chi connectivity index (χ3v) is 3.02. The van der Waals surface area contributed by atoms with E-state index in [1.807, 2.05) is 0 Å². The monoisotopic (exact) mass is 222 g/mol. The SMILES string of the molecule is CCCCNC(C)c1ccn(CCCC)c1. The van der Waals surface area contributed by atoms with Crippen LogP contribution in [-0.2, 0) is 6.54 Å². The van der Waals surface area contributed by atoms with Gasteiger partial charge in [-0.15, -0.1) is 0 Å². The zero-order chi connectivity index (χ0) is 11.8. The maximum absolute atomic E-state index is 3.56. The zero-order valence-corrected chi connectivity index (χ0v) is 11.0. The Kier molecular flexibility index (Phi) is 6.24. The fourth-order valence-electron chi connectivity index (χ4n) is 1.81. The molecule has 92 valence electrons. The van der Waals surface area contributed by atoms with E-state index in [-0.39, 0.29) is 0 Å². The van der Waals surface area contributed by atoms with Gasteiger partial charge in [0.2, 0.25) is 0 Å². The molecule has 0 aromatic carbocycles. The Morgan fingerprint density at radius 3 is 2.69 bits per heavy atom. The van der Waals surface area contributed by atoms with Crippen molar-refractivity contribution >= 4 is 0 Å². The van der Waals surface area contributed by atoms with Crippen molar-refractivity contribution in [2.75, 3.05) is 6.54 Å². The van der Waals surface area contributed by atoms with Gasteiger partial charge in [-0.25, -0.2) is 0 Å². The van der Waals surface area contributed by atoms with Gasteiger partial charge in [0.25, 0.3) is 0 Å². The molecule has 0 fully saturated rings. The van der Waals surface area contributed by atoms with Gasteiger partial charge in [0.05, 0.1) is 0 Å². The van der Waals surface area contributed by atoms with E-state index >= 15 is 0 Å². The first-order valence-electron chi connectivity index (χ1n) is 6.67. The Morgan fingerprint density at radius 2 is 2.00 bits per heavy atom. The average Bonchev–Trinajstić information content (AvgIpc) is 2.75. The predicted octanol–water partition coefficient (Wildman–Crippen LogP) is 3.74. The fraction of sp³-hybridized carbons (Fsp3) is 0.714. The van der Waals surface area contributed by atoms with E-state index in [9.17, 15) is 0 Å². The number of unbranched alkanes of at least 4 members (excludes halogenated alkanes) is 2. The number of hydrogen-bond acceptors (Lipinski definition) is 1. The molecule has 0 saturated carbocycles. The third-order valence-electron chi connectivity index (χ3n) is 3.02. The number of aromatic nitrogens is 1. The molecule has 0 saturated heterocycles. The third kappa shape index (κ3) is 4.40. The molecule has 0 spiro atoms. The van der Waals surface area contributed by atoms with Crippen molar-refractivity contribution in [2.45, 2.75) is 59.0 Å². The quantitative estimate of drug-likeness (QED) is 0.663. The van der Waals surface area contributed by atoms with Gasteiger partial charge in [-0.1, -0.05) is 26.7 Å². The van der Waals surface area contributed by atoms with Crippen LogP contribution in [0.25, 0.3) is 0 Å². The summed E-state index contributed by atoms with van der Waals surface area (Å²) in [6, 6.07) is 2.72. The lowest BCUT2D eigenvalue weighted by atomic mass is 10.2. The van der Waals surface area contributed by atoms with Gasteiger partial charge >= 0.3 is 0 Å². The summed E-state index contributed by atoms with van der Waals surface area (Å²) in [5.74, 6) is 0. The largest absolute Gasteiger partial charge is 0.354 e. The van der Waals surface area contributed by atoms with Crippen LogP contribution in [0.3, 0.4) is 0 Å². The van der Waals surface area contributed by atoms with E-state index in [0.29, 0.717) is 6.04 Å². The van der Waals surface area contributed by atoms with Crippen molar-refractivity contribution in [3.63, 3.8) is 0 Å². The molecule has 16 heavy (non-hydrogen) atoms. The number of aryl methyl sites for hydroxylation is 1. The highest BCUT2D eigenvalue weighted by atomic mass is 15.0. The molecule has 0 bridgehead atoms. The number of nitrogens with zero attached hydrogens (tertiary/aromatic N) is 1. The first-order valence-corrected chi connectivity index (χ1v) is 6.67. The molecular formula is C14H26N2. The van der Waals surface area contributed by atoms with Gasteiger partial charge in [0.1, 0.15) is 0 Å². The van der Waals surface area contributed by atoms with E-state index in [1.165, 1.54) is 31.2 Å². The molecule has 0 aliphatic heterocycles. The molecular weight excluding hydrogens is 196 g/mol. The summed E-state index contributed by atoms with van der Waals surface area (Å²) in [5, 5.41) is 3.56. The summed E-state index contributed by atoms with van der Waals surface area (Å²) in [7, 11) is 0. The number of hydrogen-bond donors (Lipinski definition) is 1. The zero-order valence-electron chi connectivity index (χ0n) is 11.0. The molecule has 2 nitrogen and oxygen atoms in total. The molecule has 1 atom stereocenters. The van der Waals surface area contributed by atoms with Gasteiger partial charge in [-0.3, -0.25) is 0 Å². The van der Waals surface area contributed by atoms with Crippen LogP contribution in [-0.4, -0.2) is 11.1 Å². The Bertz CT molecular complexity index is 278. The topological polar surface area (TPSA) is 17.0 Å². The van der Waals surface area contributed by atoms with Crippen LogP contribution in [0.2, 0.25) is 0 Å². The molecule has 0 amide bonds. The van der Waals surface area contributed by atoms with Crippen LogP contribution in [0.5, 0.6) is 0 Å². The first-order chi connectivity index (χ1) is 7.77. The van der Waals surface area contributed by atoms with Crippen molar-refractivity contribution in [3.05, 3.63) is 24.0 Å². The van der Waals surface area contributed by atoms with E-state index in [4.69, 9.17) is 0 Å². The van der Waals surface area contributed by atoms with Gasteiger partial charge in [0, 0.05) is 25.0 Å². The smallest absolute Gasteiger partial charge is 0.0306 e. The minimum Gasteiger partial charge on any atom is -0.354 e. The van der Waals surface area contributed by atoms with Crippen molar-refractivity contribution < 1.29 is 0 Å². The van der Waals surface area contributed by atoms with Crippen LogP contribution in [0, 0.1) is 0 Å². The van der Waals surface area contributed by atoms with Crippen LogP contribution < -0.4 is 5.32 Å². The molecule has 1 heterocycles. The predicted molar refractivity (Wildman–Crippen MR) is 70.7 cm³/mol. The average molecular weight is 222 g/mol. The van der Waals surface area contributed by atoms with Gasteiger partial charge in [-0.2, -0.15) is 0 Å². The Hall–Kier alpha value is -0.760.